The third-order valence-electron chi connectivity index (χ3n) is 3.91. The lowest BCUT2D eigenvalue weighted by atomic mass is 10.1. The summed E-state index contributed by atoms with van der Waals surface area (Å²) < 4.78 is 5.58. The van der Waals surface area contributed by atoms with E-state index in [2.05, 4.69) is 0 Å². The molecule has 0 atom stereocenters. The molecule has 3 amide bonds. The van der Waals surface area contributed by atoms with Gasteiger partial charge in [0, 0.05) is 6.04 Å². The number of benzene rings is 1. The number of amides is 3. The highest BCUT2D eigenvalue weighted by Gasteiger charge is 2.43. The summed E-state index contributed by atoms with van der Waals surface area (Å²) in [6, 6.07) is 6.96. The number of ketones is 1. The molecule has 1 heterocycles. The van der Waals surface area contributed by atoms with Crippen molar-refractivity contribution in [3.63, 3.8) is 0 Å². The van der Waals surface area contributed by atoms with Gasteiger partial charge in [0.25, 0.3) is 0 Å². The number of carbonyl (C=O) groups is 3. The Labute approximate surface area is 128 Å². The summed E-state index contributed by atoms with van der Waals surface area (Å²) in [5.41, 5.74) is 0.501. The fourth-order valence-corrected chi connectivity index (χ4v) is 2.58. The smallest absolute Gasteiger partial charge is 0.327 e. The largest absolute Gasteiger partial charge is 0.491 e. The molecule has 6 heteroatoms. The van der Waals surface area contributed by atoms with Gasteiger partial charge in [-0.05, 0) is 31.9 Å². The van der Waals surface area contributed by atoms with Crippen LogP contribution in [0.3, 0.4) is 0 Å². The van der Waals surface area contributed by atoms with Crippen LogP contribution in [0.4, 0.5) is 4.79 Å². The second kappa shape index (κ2) is 5.79. The molecule has 0 unspecified atom stereocenters. The predicted molar refractivity (Wildman–Crippen MR) is 78.8 cm³/mol. The van der Waals surface area contributed by atoms with E-state index in [1.165, 1.54) is 11.8 Å². The number of imide groups is 1. The normalized spacial score (nSPS) is 18.0. The number of hydrogen-bond donors (Lipinski definition) is 0. The molecule has 22 heavy (non-hydrogen) atoms. The number of urea groups is 1. The van der Waals surface area contributed by atoms with E-state index in [0.717, 1.165) is 12.8 Å². The van der Waals surface area contributed by atoms with Gasteiger partial charge in [0.1, 0.15) is 18.9 Å². The minimum atomic E-state index is -0.226. The third-order valence-corrected chi connectivity index (χ3v) is 3.91. The lowest BCUT2D eigenvalue weighted by molar-refractivity contribution is -0.125. The van der Waals surface area contributed by atoms with Gasteiger partial charge in [0.2, 0.25) is 5.91 Å². The van der Waals surface area contributed by atoms with E-state index in [9.17, 15) is 14.4 Å². The van der Waals surface area contributed by atoms with Crippen molar-refractivity contribution in [2.45, 2.75) is 25.8 Å². The highest BCUT2D eigenvalue weighted by molar-refractivity contribution is 6.02. The van der Waals surface area contributed by atoms with Gasteiger partial charge in [0.05, 0.1) is 12.1 Å². The summed E-state index contributed by atoms with van der Waals surface area (Å²) in [4.78, 5) is 38.4. The number of carbonyl (C=O) groups excluding carboxylic acids is 3. The molecular weight excluding hydrogens is 284 g/mol. The SMILES string of the molecule is CC(=O)c1ccccc1OCCN1C(=O)CN(C2CC2)C1=O. The molecule has 0 N–H and O–H groups in total. The number of para-hydroxylation sites is 1. The zero-order valence-electron chi connectivity index (χ0n) is 12.4. The van der Waals surface area contributed by atoms with Crippen LogP contribution in [0.1, 0.15) is 30.1 Å². The Morgan fingerprint density at radius 2 is 2.00 bits per heavy atom. The summed E-state index contributed by atoms with van der Waals surface area (Å²) >= 11 is 0. The summed E-state index contributed by atoms with van der Waals surface area (Å²) in [7, 11) is 0. The van der Waals surface area contributed by atoms with Crippen molar-refractivity contribution in [1.82, 2.24) is 9.80 Å². The average molecular weight is 302 g/mol. The molecule has 0 spiro atoms. The monoisotopic (exact) mass is 302 g/mol. The summed E-state index contributed by atoms with van der Waals surface area (Å²) in [6.45, 7) is 2.03. The molecule has 1 aromatic carbocycles. The molecular formula is C16H18N2O4. The van der Waals surface area contributed by atoms with Gasteiger partial charge in [-0.15, -0.1) is 0 Å². The lowest BCUT2D eigenvalue weighted by Gasteiger charge is -2.17. The highest BCUT2D eigenvalue weighted by atomic mass is 16.5. The number of Topliss-reactive ketones (excluding diaryl/α,β-unsaturated/α-hetero) is 1. The first-order valence-corrected chi connectivity index (χ1v) is 7.41. The van der Waals surface area contributed by atoms with E-state index < -0.39 is 0 Å². The van der Waals surface area contributed by atoms with Crippen LogP contribution < -0.4 is 4.74 Å². The Bertz CT molecular complexity index is 624. The Morgan fingerprint density at radius 3 is 2.68 bits per heavy atom. The molecule has 6 nitrogen and oxygen atoms in total. The van der Waals surface area contributed by atoms with E-state index >= 15 is 0 Å². The summed E-state index contributed by atoms with van der Waals surface area (Å²) in [6.07, 6.45) is 1.96. The second-order valence-corrected chi connectivity index (χ2v) is 5.59. The summed E-state index contributed by atoms with van der Waals surface area (Å²) in [5.74, 6) is 0.220. The van der Waals surface area contributed by atoms with E-state index in [0.29, 0.717) is 11.3 Å². The number of nitrogens with zero attached hydrogens (tertiary/aromatic N) is 2. The Kier molecular flexibility index (Phi) is 3.83. The molecule has 0 radical (unpaired) electrons. The van der Waals surface area contributed by atoms with E-state index in [-0.39, 0.29) is 43.5 Å². The summed E-state index contributed by atoms with van der Waals surface area (Å²) in [5, 5.41) is 0. The van der Waals surface area contributed by atoms with E-state index in [1.807, 2.05) is 0 Å². The van der Waals surface area contributed by atoms with Gasteiger partial charge >= 0.3 is 6.03 Å². The first-order valence-electron chi connectivity index (χ1n) is 7.41. The molecule has 1 aliphatic carbocycles. The van der Waals surface area contributed by atoms with Crippen LogP contribution >= 0.6 is 0 Å². The van der Waals surface area contributed by atoms with E-state index in [4.69, 9.17) is 4.74 Å². The van der Waals surface area contributed by atoms with Gasteiger partial charge in [-0.25, -0.2) is 4.79 Å². The number of rotatable bonds is 6. The zero-order chi connectivity index (χ0) is 15.7. The third kappa shape index (κ3) is 2.81. The van der Waals surface area contributed by atoms with Crippen molar-refractivity contribution in [3.05, 3.63) is 29.8 Å². The maximum atomic E-state index is 12.1. The number of ether oxygens (including phenoxy) is 1. The molecule has 1 saturated carbocycles. The van der Waals surface area contributed by atoms with Crippen molar-refractivity contribution in [1.29, 1.82) is 0 Å². The Morgan fingerprint density at radius 1 is 1.27 bits per heavy atom. The van der Waals surface area contributed by atoms with Gasteiger partial charge in [-0.1, -0.05) is 12.1 Å². The predicted octanol–water partition coefficient (Wildman–Crippen LogP) is 1.69. The highest BCUT2D eigenvalue weighted by Crippen LogP contribution is 2.30. The Balaban J connectivity index is 1.58. The molecule has 1 saturated heterocycles. The van der Waals surface area contributed by atoms with Crippen LogP contribution in [0.25, 0.3) is 0 Å². The minimum Gasteiger partial charge on any atom is -0.491 e. The zero-order valence-corrected chi connectivity index (χ0v) is 12.4. The van der Waals surface area contributed by atoms with Crippen molar-refractivity contribution in [2.24, 2.45) is 0 Å². The topological polar surface area (TPSA) is 66.9 Å². The van der Waals surface area contributed by atoms with Gasteiger partial charge < -0.3 is 9.64 Å². The van der Waals surface area contributed by atoms with Crippen LogP contribution in [0.5, 0.6) is 5.75 Å². The molecule has 2 fully saturated rings. The average Bonchev–Trinajstić information content (AvgIpc) is 3.29. The van der Waals surface area contributed by atoms with Crippen molar-refractivity contribution < 1.29 is 19.1 Å². The quantitative estimate of drug-likeness (QED) is 0.592. The first kappa shape index (κ1) is 14.6. The van der Waals surface area contributed by atoms with Crippen LogP contribution in [0.2, 0.25) is 0 Å². The van der Waals surface area contributed by atoms with Crippen molar-refractivity contribution in [3.8, 4) is 5.75 Å². The molecule has 3 rings (SSSR count). The van der Waals surface area contributed by atoms with Crippen LogP contribution in [-0.4, -0.2) is 53.3 Å². The minimum absolute atomic E-state index is 0.0798. The molecule has 116 valence electrons. The maximum absolute atomic E-state index is 12.1. The van der Waals surface area contributed by atoms with Crippen LogP contribution in [0, 0.1) is 0 Å². The fourth-order valence-electron chi connectivity index (χ4n) is 2.58. The van der Waals surface area contributed by atoms with Gasteiger partial charge in [-0.2, -0.15) is 0 Å². The number of hydrogen-bond acceptors (Lipinski definition) is 4. The van der Waals surface area contributed by atoms with Gasteiger partial charge in [0.15, 0.2) is 5.78 Å². The fraction of sp³-hybridized carbons (Fsp3) is 0.438. The van der Waals surface area contributed by atoms with Crippen LogP contribution in [-0.2, 0) is 4.79 Å². The first-order chi connectivity index (χ1) is 10.6. The van der Waals surface area contributed by atoms with E-state index in [1.54, 1.807) is 29.2 Å². The molecule has 1 aliphatic heterocycles. The van der Waals surface area contributed by atoms with Crippen molar-refractivity contribution in [2.75, 3.05) is 19.7 Å². The maximum Gasteiger partial charge on any atom is 0.327 e. The molecule has 0 aromatic heterocycles. The molecule has 2 aliphatic rings. The van der Waals surface area contributed by atoms with Crippen LogP contribution in [0.15, 0.2) is 24.3 Å². The lowest BCUT2D eigenvalue weighted by Crippen LogP contribution is -2.36. The Hall–Kier alpha value is -2.37. The molecule has 1 aromatic rings. The second-order valence-electron chi connectivity index (χ2n) is 5.59. The van der Waals surface area contributed by atoms with Gasteiger partial charge in [-0.3, -0.25) is 14.5 Å². The standard InChI is InChI=1S/C16H18N2O4/c1-11(19)13-4-2-3-5-14(13)22-9-8-17-15(20)10-18(16(17)21)12-6-7-12/h2-5,12H,6-10H2,1H3. The molecule has 0 bridgehead atoms. The van der Waals surface area contributed by atoms with Crippen molar-refractivity contribution >= 4 is 17.7 Å².